The lowest BCUT2D eigenvalue weighted by molar-refractivity contribution is -0.150. The molecule has 0 bridgehead atoms. The number of carboxylic acid groups (broad SMARTS) is 1. The fourth-order valence-corrected chi connectivity index (χ4v) is 5.22. The van der Waals surface area contributed by atoms with Crippen LogP contribution in [0.4, 0.5) is 29.3 Å². The van der Waals surface area contributed by atoms with Gasteiger partial charge in [0.05, 0.1) is 22.5 Å². The molecule has 1 atom stereocenters. The van der Waals surface area contributed by atoms with Gasteiger partial charge in [-0.15, -0.1) is 0 Å². The van der Waals surface area contributed by atoms with Gasteiger partial charge < -0.3 is 10.0 Å². The molecular formula is C24H19ClF3N3O5. The first-order valence-electron chi connectivity index (χ1n) is 11.0. The molecule has 0 radical (unpaired) electrons. The summed E-state index contributed by atoms with van der Waals surface area (Å²) in [5, 5.41) is 8.98. The number of carboxylic acids is 1. The molecule has 2 aliphatic heterocycles. The summed E-state index contributed by atoms with van der Waals surface area (Å²) < 4.78 is 39.9. The van der Waals surface area contributed by atoms with Crippen LogP contribution >= 0.6 is 11.6 Å². The number of anilines is 2. The van der Waals surface area contributed by atoms with Crippen LogP contribution in [-0.4, -0.2) is 47.4 Å². The van der Waals surface area contributed by atoms with Gasteiger partial charge in [-0.05, 0) is 48.2 Å². The lowest BCUT2D eigenvalue weighted by atomic mass is 9.96. The fraction of sp³-hybridized carbons (Fsp3) is 0.333. The highest BCUT2D eigenvalue weighted by molar-refractivity contribution is 6.32. The van der Waals surface area contributed by atoms with Gasteiger partial charge in [-0.1, -0.05) is 23.7 Å². The number of rotatable bonds is 4. The Labute approximate surface area is 207 Å². The average molecular weight is 522 g/mol. The molecular weight excluding hydrogens is 503 g/mol. The van der Waals surface area contributed by atoms with E-state index < -0.39 is 59.1 Å². The third kappa shape index (κ3) is 3.52. The average Bonchev–Trinajstić information content (AvgIpc) is 3.59. The van der Waals surface area contributed by atoms with Crippen molar-refractivity contribution in [3.05, 3.63) is 58.1 Å². The third-order valence-electron chi connectivity index (χ3n) is 7.03. The Bertz CT molecular complexity index is 1340. The number of carbonyl (C=O) groups excluding carboxylic acids is 3. The van der Waals surface area contributed by atoms with Gasteiger partial charge in [0.25, 0.3) is 0 Å². The molecule has 36 heavy (non-hydrogen) atoms. The number of fused-ring (bicyclic) bond motifs is 2. The van der Waals surface area contributed by atoms with Crippen LogP contribution in [0.15, 0.2) is 36.4 Å². The van der Waals surface area contributed by atoms with E-state index >= 15 is 0 Å². The highest BCUT2D eigenvalue weighted by atomic mass is 35.5. The monoisotopic (exact) mass is 521 g/mol. The zero-order valence-electron chi connectivity index (χ0n) is 18.8. The minimum Gasteiger partial charge on any atom is -0.481 e. The number of imide groups is 1. The predicted octanol–water partition coefficient (Wildman–Crippen LogP) is 4.04. The zero-order chi connectivity index (χ0) is 26.2. The quantitative estimate of drug-likeness (QED) is 0.612. The Morgan fingerprint density at radius 3 is 2.47 bits per heavy atom. The van der Waals surface area contributed by atoms with Gasteiger partial charge in [-0.2, -0.15) is 13.2 Å². The molecule has 5 rings (SSSR count). The highest BCUT2D eigenvalue weighted by Crippen LogP contribution is 2.57. The van der Waals surface area contributed by atoms with Crippen LogP contribution in [0.2, 0.25) is 5.02 Å². The van der Waals surface area contributed by atoms with E-state index in [0.29, 0.717) is 23.4 Å². The summed E-state index contributed by atoms with van der Waals surface area (Å²) in [4.78, 5) is 54.1. The molecule has 12 heteroatoms. The summed E-state index contributed by atoms with van der Waals surface area (Å²) in [5.41, 5.74) is -0.260. The van der Waals surface area contributed by atoms with E-state index in [1.54, 1.807) is 25.2 Å². The minimum absolute atomic E-state index is 0.0565. The normalized spacial score (nSPS) is 20.9. The van der Waals surface area contributed by atoms with E-state index in [2.05, 4.69) is 0 Å². The zero-order valence-corrected chi connectivity index (χ0v) is 19.6. The van der Waals surface area contributed by atoms with E-state index in [-0.39, 0.29) is 17.2 Å². The molecule has 1 spiro atoms. The number of amides is 4. The fourth-order valence-electron chi connectivity index (χ4n) is 4.92. The summed E-state index contributed by atoms with van der Waals surface area (Å²) >= 11 is 5.95. The van der Waals surface area contributed by atoms with Crippen molar-refractivity contribution in [2.75, 3.05) is 23.4 Å². The lowest BCUT2D eigenvalue weighted by Gasteiger charge is -2.37. The van der Waals surface area contributed by atoms with Gasteiger partial charge in [0.1, 0.15) is 0 Å². The molecule has 1 N–H and O–H groups in total. The van der Waals surface area contributed by atoms with Crippen LogP contribution in [0.5, 0.6) is 0 Å². The van der Waals surface area contributed by atoms with Gasteiger partial charge in [-0.25, -0.2) is 4.79 Å². The molecule has 2 heterocycles. The number of alkyl halides is 3. The van der Waals surface area contributed by atoms with Crippen LogP contribution in [0, 0.1) is 5.92 Å². The molecule has 8 nitrogen and oxygen atoms in total. The molecule has 3 aliphatic rings. The molecule has 0 aromatic heterocycles. The number of hydrogen-bond donors (Lipinski definition) is 1. The number of urea groups is 1. The van der Waals surface area contributed by atoms with Crippen molar-refractivity contribution < 1.29 is 37.5 Å². The third-order valence-corrected chi connectivity index (χ3v) is 7.48. The van der Waals surface area contributed by atoms with E-state index in [1.165, 1.54) is 11.0 Å². The van der Waals surface area contributed by atoms with Crippen molar-refractivity contribution in [2.45, 2.75) is 31.0 Å². The van der Waals surface area contributed by atoms with Gasteiger partial charge >= 0.3 is 18.2 Å². The molecule has 1 saturated heterocycles. The first-order chi connectivity index (χ1) is 16.9. The number of aliphatic carboxylic acids is 1. The van der Waals surface area contributed by atoms with E-state index in [0.717, 1.165) is 22.6 Å². The van der Waals surface area contributed by atoms with Crippen molar-refractivity contribution in [2.24, 2.45) is 5.92 Å². The second kappa shape index (κ2) is 7.95. The Balaban J connectivity index is 1.52. The van der Waals surface area contributed by atoms with Crippen molar-refractivity contribution in [1.29, 1.82) is 0 Å². The van der Waals surface area contributed by atoms with Gasteiger partial charge in [0.2, 0.25) is 11.8 Å². The molecule has 2 fully saturated rings. The van der Waals surface area contributed by atoms with Gasteiger partial charge in [0, 0.05) is 25.0 Å². The Kier molecular flexibility index (Phi) is 5.33. The van der Waals surface area contributed by atoms with E-state index in [1.807, 2.05) is 0 Å². The van der Waals surface area contributed by atoms with Crippen molar-refractivity contribution in [3.63, 3.8) is 0 Å². The molecule has 1 saturated carbocycles. The molecule has 2 aromatic rings. The van der Waals surface area contributed by atoms with Crippen molar-refractivity contribution in [3.8, 4) is 0 Å². The summed E-state index contributed by atoms with van der Waals surface area (Å²) in [6.07, 6.45) is -3.46. The first kappa shape index (κ1) is 24.1. The summed E-state index contributed by atoms with van der Waals surface area (Å²) in [6, 6.07) is 7.06. The summed E-state index contributed by atoms with van der Waals surface area (Å²) in [6.45, 7) is -1.10. The Morgan fingerprint density at radius 2 is 1.86 bits per heavy atom. The van der Waals surface area contributed by atoms with Crippen LogP contribution in [0.3, 0.4) is 0 Å². The highest BCUT2D eigenvalue weighted by Gasteiger charge is 2.58. The molecule has 1 unspecified atom stereocenters. The minimum atomic E-state index is -4.76. The largest absolute Gasteiger partial charge is 0.481 e. The van der Waals surface area contributed by atoms with Crippen LogP contribution < -0.4 is 9.80 Å². The molecule has 4 amide bonds. The van der Waals surface area contributed by atoms with Crippen LogP contribution in [0.25, 0.3) is 0 Å². The number of benzene rings is 2. The standard InChI is InChI=1S/C24H19ClF3N3O5/c1-29-17-6-5-13(9-16(17)23(7-8-23)21(29)35)30-11-14(20(33)34)19(32)31(22(30)36)10-12-3-2-4-15(18(12)25)24(26,27)28/h2-6,9,14H,7-8,10-11H2,1H3,(H,33,34). The number of halogens is 4. The number of hydrogen-bond acceptors (Lipinski definition) is 4. The van der Waals surface area contributed by atoms with Crippen molar-refractivity contribution in [1.82, 2.24) is 4.90 Å². The summed E-state index contributed by atoms with van der Waals surface area (Å²) in [5.74, 6) is -4.22. The van der Waals surface area contributed by atoms with E-state index in [9.17, 15) is 37.5 Å². The topological polar surface area (TPSA) is 98.2 Å². The summed E-state index contributed by atoms with van der Waals surface area (Å²) in [7, 11) is 1.65. The predicted molar refractivity (Wildman–Crippen MR) is 122 cm³/mol. The lowest BCUT2D eigenvalue weighted by Crippen LogP contribution is -2.58. The van der Waals surface area contributed by atoms with Gasteiger partial charge in [0.15, 0.2) is 5.92 Å². The number of likely N-dealkylation sites (N-methyl/N-ethyl adjacent to an activating group) is 1. The number of carbonyl (C=O) groups is 4. The molecule has 1 aliphatic carbocycles. The van der Waals surface area contributed by atoms with E-state index in [4.69, 9.17) is 11.6 Å². The number of nitrogens with zero attached hydrogens (tertiary/aromatic N) is 3. The smallest absolute Gasteiger partial charge is 0.417 e. The maximum absolute atomic E-state index is 13.4. The maximum Gasteiger partial charge on any atom is 0.417 e. The van der Waals surface area contributed by atoms with Crippen LogP contribution in [-0.2, 0) is 32.5 Å². The second-order valence-corrected chi connectivity index (χ2v) is 9.51. The van der Waals surface area contributed by atoms with Gasteiger partial charge in [-0.3, -0.25) is 24.2 Å². The SMILES string of the molecule is CN1C(=O)C2(CC2)c2cc(N3CC(C(=O)O)C(=O)N(Cc4cccc(C(F)(F)F)c4Cl)C3=O)ccc21. The maximum atomic E-state index is 13.4. The van der Waals surface area contributed by atoms with Crippen LogP contribution in [0.1, 0.15) is 29.5 Å². The molecule has 2 aromatic carbocycles. The molecule has 188 valence electrons. The Morgan fingerprint density at radius 1 is 1.17 bits per heavy atom. The van der Waals surface area contributed by atoms with Crippen molar-refractivity contribution >= 4 is 46.8 Å². The first-order valence-corrected chi connectivity index (χ1v) is 11.4. The Hall–Kier alpha value is -3.60. The second-order valence-electron chi connectivity index (χ2n) is 9.13.